The van der Waals surface area contributed by atoms with E-state index in [0.29, 0.717) is 5.11 Å². The van der Waals surface area contributed by atoms with E-state index in [1.165, 1.54) is 10.6 Å². The summed E-state index contributed by atoms with van der Waals surface area (Å²) in [5, 5.41) is 4.98. The van der Waals surface area contributed by atoms with Gasteiger partial charge in [0, 0.05) is 12.7 Å². The SMILES string of the molecule is Cc1ccc(C)c(NC(=S)N(C)N)c1. The average Bonchev–Trinajstić information content (AvgIpc) is 2.11. The molecule has 0 saturated heterocycles. The molecule has 0 aliphatic rings. The predicted molar refractivity (Wildman–Crippen MR) is 64.1 cm³/mol. The molecule has 76 valence electrons. The first-order chi connectivity index (χ1) is 6.50. The van der Waals surface area contributed by atoms with Crippen LogP contribution in [0.4, 0.5) is 5.69 Å². The van der Waals surface area contributed by atoms with Gasteiger partial charge < -0.3 is 5.32 Å². The molecule has 0 atom stereocenters. The molecule has 0 bridgehead atoms. The van der Waals surface area contributed by atoms with Crippen molar-refractivity contribution in [1.29, 1.82) is 0 Å². The van der Waals surface area contributed by atoms with Gasteiger partial charge in [-0.3, -0.25) is 5.01 Å². The lowest BCUT2D eigenvalue weighted by atomic mass is 10.1. The number of nitrogens with one attached hydrogen (secondary N) is 1. The van der Waals surface area contributed by atoms with Gasteiger partial charge in [0.2, 0.25) is 0 Å². The number of hydrogen-bond donors (Lipinski definition) is 2. The summed E-state index contributed by atoms with van der Waals surface area (Å²) in [6.07, 6.45) is 0. The van der Waals surface area contributed by atoms with Gasteiger partial charge in [0.25, 0.3) is 0 Å². The van der Waals surface area contributed by atoms with E-state index < -0.39 is 0 Å². The first-order valence-electron chi connectivity index (χ1n) is 4.37. The fourth-order valence-corrected chi connectivity index (χ4v) is 1.18. The largest absolute Gasteiger partial charge is 0.331 e. The normalized spacial score (nSPS) is 9.71. The van der Waals surface area contributed by atoms with Crippen molar-refractivity contribution in [3.8, 4) is 0 Å². The molecule has 1 aromatic rings. The van der Waals surface area contributed by atoms with Crippen LogP contribution in [0.3, 0.4) is 0 Å². The molecule has 0 spiro atoms. The molecular weight excluding hydrogens is 194 g/mol. The monoisotopic (exact) mass is 209 g/mol. The molecule has 0 fully saturated rings. The van der Waals surface area contributed by atoms with Crippen molar-refractivity contribution in [3.05, 3.63) is 29.3 Å². The molecule has 14 heavy (non-hydrogen) atoms. The van der Waals surface area contributed by atoms with Crippen molar-refractivity contribution in [1.82, 2.24) is 5.01 Å². The highest BCUT2D eigenvalue weighted by molar-refractivity contribution is 7.80. The van der Waals surface area contributed by atoms with Crippen molar-refractivity contribution in [2.24, 2.45) is 5.84 Å². The Kier molecular flexibility index (Phi) is 3.43. The zero-order valence-electron chi connectivity index (χ0n) is 8.66. The van der Waals surface area contributed by atoms with Gasteiger partial charge in [-0.1, -0.05) is 12.1 Å². The first-order valence-corrected chi connectivity index (χ1v) is 4.78. The lowest BCUT2D eigenvalue weighted by Crippen LogP contribution is -2.36. The Morgan fingerprint density at radius 2 is 2.07 bits per heavy atom. The van der Waals surface area contributed by atoms with Gasteiger partial charge in [-0.25, -0.2) is 5.84 Å². The quantitative estimate of drug-likeness (QED) is 0.420. The predicted octanol–water partition coefficient (Wildman–Crippen LogP) is 1.81. The Labute approximate surface area is 89.9 Å². The molecule has 0 aliphatic heterocycles. The smallest absolute Gasteiger partial charge is 0.187 e. The zero-order chi connectivity index (χ0) is 10.7. The highest BCUT2D eigenvalue weighted by Gasteiger charge is 2.02. The highest BCUT2D eigenvalue weighted by atomic mass is 32.1. The summed E-state index contributed by atoms with van der Waals surface area (Å²) < 4.78 is 0. The van der Waals surface area contributed by atoms with Crippen molar-refractivity contribution >= 4 is 23.0 Å². The molecule has 0 radical (unpaired) electrons. The van der Waals surface area contributed by atoms with E-state index >= 15 is 0 Å². The van der Waals surface area contributed by atoms with Crippen molar-refractivity contribution in [2.75, 3.05) is 12.4 Å². The van der Waals surface area contributed by atoms with Crippen LogP contribution in [-0.4, -0.2) is 17.2 Å². The van der Waals surface area contributed by atoms with Gasteiger partial charge >= 0.3 is 0 Å². The van der Waals surface area contributed by atoms with E-state index in [0.717, 1.165) is 11.3 Å². The summed E-state index contributed by atoms with van der Waals surface area (Å²) in [6, 6.07) is 6.16. The van der Waals surface area contributed by atoms with Crippen LogP contribution < -0.4 is 11.2 Å². The fourth-order valence-electron chi connectivity index (χ4n) is 1.07. The second-order valence-corrected chi connectivity index (χ2v) is 3.75. The van der Waals surface area contributed by atoms with Gasteiger partial charge in [-0.05, 0) is 43.3 Å². The Morgan fingerprint density at radius 1 is 1.43 bits per heavy atom. The van der Waals surface area contributed by atoms with Gasteiger partial charge in [0.05, 0.1) is 0 Å². The lowest BCUT2D eigenvalue weighted by Gasteiger charge is -2.16. The van der Waals surface area contributed by atoms with Gasteiger partial charge in [-0.15, -0.1) is 0 Å². The van der Waals surface area contributed by atoms with E-state index in [-0.39, 0.29) is 0 Å². The summed E-state index contributed by atoms with van der Waals surface area (Å²) >= 11 is 5.05. The van der Waals surface area contributed by atoms with E-state index in [2.05, 4.69) is 17.4 Å². The fraction of sp³-hybridized carbons (Fsp3) is 0.300. The third-order valence-corrected chi connectivity index (χ3v) is 2.35. The zero-order valence-corrected chi connectivity index (χ0v) is 9.48. The van der Waals surface area contributed by atoms with Crippen molar-refractivity contribution in [2.45, 2.75) is 13.8 Å². The maximum atomic E-state index is 5.50. The summed E-state index contributed by atoms with van der Waals surface area (Å²) in [5.74, 6) is 5.50. The Balaban J connectivity index is 2.86. The van der Waals surface area contributed by atoms with E-state index in [1.807, 2.05) is 19.9 Å². The second-order valence-electron chi connectivity index (χ2n) is 3.36. The summed E-state index contributed by atoms with van der Waals surface area (Å²) in [4.78, 5) is 0. The third-order valence-electron chi connectivity index (χ3n) is 1.96. The highest BCUT2D eigenvalue weighted by Crippen LogP contribution is 2.16. The summed E-state index contributed by atoms with van der Waals surface area (Å²) in [6.45, 7) is 4.07. The minimum atomic E-state index is 0.513. The summed E-state index contributed by atoms with van der Waals surface area (Å²) in [7, 11) is 1.71. The van der Waals surface area contributed by atoms with Crippen LogP contribution in [0.25, 0.3) is 0 Å². The van der Waals surface area contributed by atoms with E-state index in [1.54, 1.807) is 7.05 Å². The van der Waals surface area contributed by atoms with Gasteiger partial charge in [-0.2, -0.15) is 0 Å². The Morgan fingerprint density at radius 3 is 2.64 bits per heavy atom. The van der Waals surface area contributed by atoms with Crippen molar-refractivity contribution < 1.29 is 0 Å². The molecule has 0 amide bonds. The van der Waals surface area contributed by atoms with Crippen LogP contribution in [0.15, 0.2) is 18.2 Å². The molecule has 0 aliphatic carbocycles. The first kappa shape index (κ1) is 10.9. The Bertz CT molecular complexity index is 347. The number of benzene rings is 1. The Hall–Kier alpha value is -1.13. The second kappa shape index (κ2) is 4.39. The number of hydrazine groups is 1. The maximum Gasteiger partial charge on any atom is 0.187 e. The van der Waals surface area contributed by atoms with E-state index in [4.69, 9.17) is 18.1 Å². The van der Waals surface area contributed by atoms with Crippen LogP contribution in [-0.2, 0) is 0 Å². The number of hydrogen-bond acceptors (Lipinski definition) is 2. The molecule has 0 saturated carbocycles. The number of anilines is 1. The summed E-state index contributed by atoms with van der Waals surface area (Å²) in [5.41, 5.74) is 3.35. The standard InChI is InChI=1S/C10H15N3S/c1-7-4-5-8(2)9(6-7)12-10(14)13(3)11/h4-6H,11H2,1-3H3,(H,12,14). The van der Waals surface area contributed by atoms with Crippen LogP contribution >= 0.6 is 12.2 Å². The molecule has 0 aromatic heterocycles. The molecule has 0 unspecified atom stereocenters. The maximum absolute atomic E-state index is 5.50. The topological polar surface area (TPSA) is 41.3 Å². The van der Waals surface area contributed by atoms with E-state index in [9.17, 15) is 0 Å². The molecule has 3 nitrogen and oxygen atoms in total. The van der Waals surface area contributed by atoms with Crippen LogP contribution in [0, 0.1) is 13.8 Å². The van der Waals surface area contributed by atoms with Crippen LogP contribution in [0.5, 0.6) is 0 Å². The van der Waals surface area contributed by atoms with Gasteiger partial charge in [0.15, 0.2) is 5.11 Å². The number of nitrogens with two attached hydrogens (primary N) is 1. The minimum absolute atomic E-state index is 0.513. The number of thiocarbonyl (C=S) groups is 1. The van der Waals surface area contributed by atoms with Gasteiger partial charge in [0.1, 0.15) is 0 Å². The number of rotatable bonds is 1. The molecule has 1 rings (SSSR count). The number of nitrogens with zero attached hydrogens (tertiary/aromatic N) is 1. The molecular formula is C10H15N3S. The molecule has 0 heterocycles. The third kappa shape index (κ3) is 2.68. The molecule has 4 heteroatoms. The minimum Gasteiger partial charge on any atom is -0.331 e. The lowest BCUT2D eigenvalue weighted by molar-refractivity contribution is 0.548. The van der Waals surface area contributed by atoms with Crippen LogP contribution in [0.1, 0.15) is 11.1 Å². The molecule has 3 N–H and O–H groups in total. The van der Waals surface area contributed by atoms with Crippen LogP contribution in [0.2, 0.25) is 0 Å². The average molecular weight is 209 g/mol. The number of aryl methyl sites for hydroxylation is 2. The molecule has 1 aromatic carbocycles. The van der Waals surface area contributed by atoms with Crippen molar-refractivity contribution in [3.63, 3.8) is 0 Å².